The Kier molecular flexibility index (Phi) is 5.21. The molecule has 0 bridgehead atoms. The topological polar surface area (TPSA) is 37.6 Å². The Morgan fingerprint density at radius 3 is 2.52 bits per heavy atom. The van der Waals surface area contributed by atoms with Gasteiger partial charge in [-0.05, 0) is 54.8 Å². The first-order chi connectivity index (χ1) is 11.2. The van der Waals surface area contributed by atoms with E-state index in [2.05, 4.69) is 15.2 Å². The second-order valence-electron chi connectivity index (χ2n) is 5.19. The van der Waals surface area contributed by atoms with Crippen LogP contribution in [0.3, 0.4) is 0 Å². The zero-order valence-corrected chi connectivity index (χ0v) is 13.9. The van der Waals surface area contributed by atoms with E-state index in [0.717, 1.165) is 34.5 Å². The lowest BCUT2D eigenvalue weighted by Crippen LogP contribution is -1.87. The second-order valence-corrected chi connectivity index (χ2v) is 6.06. The van der Waals surface area contributed by atoms with Crippen molar-refractivity contribution in [3.8, 4) is 0 Å². The van der Waals surface area contributed by atoms with E-state index < -0.39 is 0 Å². The normalized spacial score (nSPS) is 11.4. The Hall–Kier alpha value is -1.97. The zero-order chi connectivity index (χ0) is 16.1. The summed E-state index contributed by atoms with van der Waals surface area (Å²) in [6, 6.07) is 15.4. The van der Waals surface area contributed by atoms with Crippen molar-refractivity contribution in [3.63, 3.8) is 0 Å². The van der Waals surface area contributed by atoms with E-state index in [1.807, 2.05) is 48.5 Å². The van der Waals surface area contributed by atoms with Gasteiger partial charge < -0.3 is 0 Å². The van der Waals surface area contributed by atoms with Gasteiger partial charge in [0.2, 0.25) is 0 Å². The molecule has 3 nitrogen and oxygen atoms in total. The molecule has 3 aromatic rings. The molecule has 3 rings (SSSR count). The molecular formula is C18H15Cl2N3. The van der Waals surface area contributed by atoms with Gasteiger partial charge in [0.25, 0.3) is 0 Å². The van der Waals surface area contributed by atoms with Gasteiger partial charge in [0.15, 0.2) is 0 Å². The zero-order valence-electron chi connectivity index (χ0n) is 12.4. The number of hydrogen-bond acceptors (Lipinski definition) is 3. The number of fused-ring (bicyclic) bond motifs is 1. The van der Waals surface area contributed by atoms with Crippen molar-refractivity contribution in [1.29, 1.82) is 0 Å². The maximum atomic E-state index is 5.98. The van der Waals surface area contributed by atoms with Gasteiger partial charge in [-0.15, -0.1) is 0 Å². The largest absolute Gasteiger partial charge is 0.256 e. The molecule has 0 saturated heterocycles. The third kappa shape index (κ3) is 4.27. The summed E-state index contributed by atoms with van der Waals surface area (Å²) in [4.78, 5) is 4.30. The number of azo groups is 1. The minimum Gasteiger partial charge on any atom is -0.256 e. The molecule has 0 fully saturated rings. The molecule has 0 atom stereocenters. The summed E-state index contributed by atoms with van der Waals surface area (Å²) in [5.41, 5.74) is 2.90. The van der Waals surface area contributed by atoms with Crippen molar-refractivity contribution in [2.75, 3.05) is 6.54 Å². The lowest BCUT2D eigenvalue weighted by molar-refractivity contribution is 0.802. The Morgan fingerprint density at radius 2 is 1.70 bits per heavy atom. The highest BCUT2D eigenvalue weighted by Gasteiger charge is 2.01. The van der Waals surface area contributed by atoms with Gasteiger partial charge >= 0.3 is 0 Å². The van der Waals surface area contributed by atoms with Crippen molar-refractivity contribution in [1.82, 2.24) is 4.98 Å². The van der Waals surface area contributed by atoms with Gasteiger partial charge in [-0.25, -0.2) is 0 Å². The average Bonchev–Trinajstić information content (AvgIpc) is 2.56. The van der Waals surface area contributed by atoms with Crippen molar-refractivity contribution in [3.05, 3.63) is 70.3 Å². The van der Waals surface area contributed by atoms with Crippen molar-refractivity contribution in [2.45, 2.75) is 12.8 Å². The van der Waals surface area contributed by atoms with Crippen LogP contribution in [0.1, 0.15) is 12.0 Å². The lowest BCUT2D eigenvalue weighted by atomic mass is 10.1. The van der Waals surface area contributed by atoms with Crippen LogP contribution in [0.15, 0.2) is 65.0 Å². The molecule has 0 aliphatic heterocycles. The first-order valence-electron chi connectivity index (χ1n) is 7.38. The molecule has 0 radical (unpaired) electrons. The summed E-state index contributed by atoms with van der Waals surface area (Å²) in [7, 11) is 0. The number of rotatable bonds is 5. The average molecular weight is 344 g/mol. The number of pyridine rings is 1. The minimum absolute atomic E-state index is 0.669. The molecule has 0 aliphatic carbocycles. The number of aromatic nitrogens is 1. The van der Waals surface area contributed by atoms with Crippen LogP contribution in [0.4, 0.5) is 5.69 Å². The highest BCUT2D eigenvalue weighted by molar-refractivity contribution is 6.31. The van der Waals surface area contributed by atoms with Gasteiger partial charge in [-0.3, -0.25) is 4.98 Å². The van der Waals surface area contributed by atoms with Crippen LogP contribution >= 0.6 is 23.2 Å². The van der Waals surface area contributed by atoms with E-state index in [0.29, 0.717) is 11.6 Å². The van der Waals surface area contributed by atoms with E-state index in [1.165, 1.54) is 5.56 Å². The molecule has 2 aromatic carbocycles. The minimum atomic E-state index is 0.669. The summed E-state index contributed by atoms with van der Waals surface area (Å²) in [5, 5.41) is 11.0. The molecule has 1 heterocycles. The Bertz CT molecular complexity index is 829. The van der Waals surface area contributed by atoms with Crippen molar-refractivity contribution >= 4 is 39.8 Å². The van der Waals surface area contributed by atoms with Crippen LogP contribution in [-0.2, 0) is 6.42 Å². The molecular weight excluding hydrogens is 329 g/mol. The Labute approximate surface area is 145 Å². The van der Waals surface area contributed by atoms with Crippen molar-refractivity contribution in [2.24, 2.45) is 10.2 Å². The smallest absolute Gasteiger partial charge is 0.0961 e. The molecule has 116 valence electrons. The summed E-state index contributed by atoms with van der Waals surface area (Å²) in [6.07, 6.45) is 3.63. The van der Waals surface area contributed by atoms with Crippen molar-refractivity contribution < 1.29 is 0 Å². The molecule has 1 aromatic heterocycles. The highest BCUT2D eigenvalue weighted by Crippen LogP contribution is 2.26. The summed E-state index contributed by atoms with van der Waals surface area (Å²) >= 11 is 11.9. The fourth-order valence-corrected chi connectivity index (χ4v) is 2.62. The summed E-state index contributed by atoms with van der Waals surface area (Å²) in [6.45, 7) is 0.681. The third-order valence-corrected chi connectivity index (χ3v) is 3.98. The van der Waals surface area contributed by atoms with E-state index in [1.54, 1.807) is 6.20 Å². The van der Waals surface area contributed by atoms with Gasteiger partial charge in [0, 0.05) is 21.6 Å². The number of halogens is 2. The number of hydrogen-bond donors (Lipinski definition) is 0. The molecule has 23 heavy (non-hydrogen) atoms. The monoisotopic (exact) mass is 343 g/mol. The van der Waals surface area contributed by atoms with E-state index >= 15 is 0 Å². The van der Waals surface area contributed by atoms with Crippen LogP contribution < -0.4 is 0 Å². The first-order valence-corrected chi connectivity index (χ1v) is 8.14. The van der Waals surface area contributed by atoms with E-state index in [9.17, 15) is 0 Å². The molecule has 0 N–H and O–H groups in total. The van der Waals surface area contributed by atoms with Gasteiger partial charge in [-0.2, -0.15) is 10.2 Å². The summed E-state index contributed by atoms with van der Waals surface area (Å²) < 4.78 is 0. The van der Waals surface area contributed by atoms with E-state index in [-0.39, 0.29) is 0 Å². The molecule has 0 amide bonds. The lowest BCUT2D eigenvalue weighted by Gasteiger charge is -2.01. The van der Waals surface area contributed by atoms with E-state index in [4.69, 9.17) is 23.2 Å². The molecule has 0 spiro atoms. The third-order valence-electron chi connectivity index (χ3n) is 3.50. The molecule has 0 aliphatic rings. The highest BCUT2D eigenvalue weighted by atomic mass is 35.5. The van der Waals surface area contributed by atoms with Crippen LogP contribution in [0.25, 0.3) is 10.9 Å². The Morgan fingerprint density at radius 1 is 0.913 bits per heavy atom. The Balaban J connectivity index is 1.61. The quantitative estimate of drug-likeness (QED) is 0.398. The molecule has 5 heteroatoms. The molecule has 0 saturated carbocycles. The number of nitrogens with zero attached hydrogens (tertiary/aromatic N) is 3. The standard InChI is InChI=1S/C18H15Cl2N3/c19-14-5-3-13(4-6-14)2-1-10-22-23-17-9-11-21-18-12-15(20)7-8-16(17)18/h3-9,11-12H,1-2,10H2. The van der Waals surface area contributed by atoms with Crippen LogP contribution in [0.2, 0.25) is 10.0 Å². The van der Waals surface area contributed by atoms with Crippen LogP contribution in [0, 0.1) is 0 Å². The second kappa shape index (κ2) is 7.53. The fourth-order valence-electron chi connectivity index (χ4n) is 2.32. The predicted molar refractivity (Wildman–Crippen MR) is 95.9 cm³/mol. The number of benzene rings is 2. The van der Waals surface area contributed by atoms with Gasteiger partial charge in [0.1, 0.15) is 0 Å². The van der Waals surface area contributed by atoms with Crippen LogP contribution in [0.5, 0.6) is 0 Å². The SMILES string of the molecule is Clc1ccc(CCCN=Nc2ccnc3cc(Cl)ccc23)cc1. The van der Waals surface area contributed by atoms with Gasteiger partial charge in [-0.1, -0.05) is 35.3 Å². The summed E-state index contributed by atoms with van der Waals surface area (Å²) in [5.74, 6) is 0. The fraction of sp³-hybridized carbons (Fsp3) is 0.167. The van der Waals surface area contributed by atoms with Gasteiger partial charge in [0.05, 0.1) is 17.7 Å². The van der Waals surface area contributed by atoms with Crippen LogP contribution in [-0.4, -0.2) is 11.5 Å². The molecule has 0 unspecified atom stereocenters. The first kappa shape index (κ1) is 15.9. The predicted octanol–water partition coefficient (Wildman–Crippen LogP) is 6.26. The maximum Gasteiger partial charge on any atom is 0.0961 e. The maximum absolute atomic E-state index is 5.98. The number of aryl methyl sites for hydroxylation is 1.